The smallest absolute Gasteiger partial charge is 0.340 e. The zero-order valence-electron chi connectivity index (χ0n) is 15.6. The SMILES string of the molecule is CCOC(=O)c1cccc(N)c1NC(c1ccccc1)c1ccccc1C#N. The van der Waals surface area contributed by atoms with E-state index < -0.39 is 5.97 Å². The maximum absolute atomic E-state index is 12.4. The van der Waals surface area contributed by atoms with E-state index in [0.29, 0.717) is 22.5 Å². The first-order valence-corrected chi connectivity index (χ1v) is 9.01. The number of carbonyl (C=O) groups is 1. The first kappa shape index (κ1) is 19.0. The molecule has 3 aromatic carbocycles. The van der Waals surface area contributed by atoms with E-state index in [0.717, 1.165) is 11.1 Å². The number of hydrogen-bond acceptors (Lipinski definition) is 5. The van der Waals surface area contributed by atoms with Crippen molar-refractivity contribution < 1.29 is 9.53 Å². The average molecular weight is 371 g/mol. The highest BCUT2D eigenvalue weighted by molar-refractivity contribution is 5.99. The van der Waals surface area contributed by atoms with Crippen LogP contribution in [0, 0.1) is 11.3 Å². The Hall–Kier alpha value is -3.78. The van der Waals surface area contributed by atoms with Gasteiger partial charge in [0.05, 0.1) is 41.2 Å². The van der Waals surface area contributed by atoms with E-state index in [4.69, 9.17) is 10.5 Å². The summed E-state index contributed by atoms with van der Waals surface area (Å²) in [7, 11) is 0. The maximum Gasteiger partial charge on any atom is 0.340 e. The van der Waals surface area contributed by atoms with Crippen LogP contribution in [0.4, 0.5) is 11.4 Å². The molecule has 0 aliphatic rings. The van der Waals surface area contributed by atoms with Crippen LogP contribution in [0.5, 0.6) is 0 Å². The minimum absolute atomic E-state index is 0.270. The van der Waals surface area contributed by atoms with Crippen LogP contribution in [0.25, 0.3) is 0 Å². The Kier molecular flexibility index (Phi) is 5.93. The van der Waals surface area contributed by atoms with Gasteiger partial charge in [0, 0.05) is 0 Å². The Morgan fingerprint density at radius 3 is 2.50 bits per heavy atom. The topological polar surface area (TPSA) is 88.1 Å². The van der Waals surface area contributed by atoms with E-state index in [1.54, 1.807) is 31.2 Å². The van der Waals surface area contributed by atoms with Crippen LogP contribution in [-0.4, -0.2) is 12.6 Å². The number of hydrogen-bond donors (Lipinski definition) is 2. The molecule has 0 spiro atoms. The molecule has 1 unspecified atom stereocenters. The minimum Gasteiger partial charge on any atom is -0.462 e. The first-order valence-electron chi connectivity index (χ1n) is 9.01. The van der Waals surface area contributed by atoms with Gasteiger partial charge in [0.25, 0.3) is 0 Å². The third-order valence-electron chi connectivity index (χ3n) is 4.41. The van der Waals surface area contributed by atoms with E-state index in [2.05, 4.69) is 11.4 Å². The molecule has 140 valence electrons. The Bertz CT molecular complexity index is 1010. The zero-order valence-corrected chi connectivity index (χ0v) is 15.6. The van der Waals surface area contributed by atoms with Gasteiger partial charge in [-0.05, 0) is 36.2 Å². The monoisotopic (exact) mass is 371 g/mol. The number of nitrogen functional groups attached to an aromatic ring is 1. The summed E-state index contributed by atoms with van der Waals surface area (Å²) in [5.74, 6) is -0.447. The van der Waals surface area contributed by atoms with Crippen molar-refractivity contribution in [3.8, 4) is 6.07 Å². The molecule has 0 aliphatic carbocycles. The van der Waals surface area contributed by atoms with Gasteiger partial charge in [-0.3, -0.25) is 0 Å². The lowest BCUT2D eigenvalue weighted by atomic mass is 9.94. The highest BCUT2D eigenvalue weighted by Gasteiger charge is 2.22. The zero-order chi connectivity index (χ0) is 19.9. The van der Waals surface area contributed by atoms with E-state index in [1.165, 1.54) is 0 Å². The molecular weight excluding hydrogens is 350 g/mol. The molecule has 0 saturated heterocycles. The van der Waals surface area contributed by atoms with Crippen molar-refractivity contribution in [1.82, 2.24) is 0 Å². The van der Waals surface area contributed by atoms with Gasteiger partial charge in [-0.15, -0.1) is 0 Å². The molecule has 28 heavy (non-hydrogen) atoms. The lowest BCUT2D eigenvalue weighted by Gasteiger charge is -2.24. The Balaban J connectivity index is 2.12. The van der Waals surface area contributed by atoms with Crippen LogP contribution in [0.2, 0.25) is 0 Å². The van der Waals surface area contributed by atoms with E-state index in [-0.39, 0.29) is 12.6 Å². The molecule has 0 bridgehead atoms. The summed E-state index contributed by atoms with van der Waals surface area (Å²) in [6.45, 7) is 2.03. The van der Waals surface area contributed by atoms with Crippen molar-refractivity contribution in [2.45, 2.75) is 13.0 Å². The van der Waals surface area contributed by atoms with Crippen molar-refractivity contribution in [2.75, 3.05) is 17.7 Å². The third kappa shape index (κ3) is 3.97. The van der Waals surface area contributed by atoms with Gasteiger partial charge in [-0.2, -0.15) is 5.26 Å². The number of esters is 1. The number of nitrogens with zero attached hydrogens (tertiary/aromatic N) is 1. The lowest BCUT2D eigenvalue weighted by Crippen LogP contribution is -2.18. The van der Waals surface area contributed by atoms with Crippen LogP contribution in [0.3, 0.4) is 0 Å². The van der Waals surface area contributed by atoms with E-state index in [1.807, 2.05) is 48.5 Å². The summed E-state index contributed by atoms with van der Waals surface area (Å²) in [6.07, 6.45) is 0. The molecule has 5 heteroatoms. The van der Waals surface area contributed by atoms with Crippen LogP contribution in [0.1, 0.15) is 40.0 Å². The van der Waals surface area contributed by atoms with Crippen molar-refractivity contribution in [2.24, 2.45) is 0 Å². The molecule has 0 fully saturated rings. The number of para-hydroxylation sites is 1. The highest BCUT2D eigenvalue weighted by atomic mass is 16.5. The van der Waals surface area contributed by atoms with Gasteiger partial charge < -0.3 is 15.8 Å². The van der Waals surface area contributed by atoms with Gasteiger partial charge in [-0.1, -0.05) is 54.6 Å². The molecule has 0 radical (unpaired) electrons. The number of rotatable bonds is 6. The molecule has 0 saturated carbocycles. The number of nitrogens with one attached hydrogen (secondary N) is 1. The predicted octanol–water partition coefficient (Wildman–Crippen LogP) is 4.52. The third-order valence-corrected chi connectivity index (χ3v) is 4.41. The lowest BCUT2D eigenvalue weighted by molar-refractivity contribution is 0.0527. The summed E-state index contributed by atoms with van der Waals surface area (Å²) >= 11 is 0. The Labute approximate surface area is 164 Å². The molecule has 1 atom stereocenters. The predicted molar refractivity (Wildman–Crippen MR) is 110 cm³/mol. The molecular formula is C23H21N3O2. The summed E-state index contributed by atoms with van der Waals surface area (Å²) < 4.78 is 5.17. The van der Waals surface area contributed by atoms with Gasteiger partial charge in [0.15, 0.2) is 0 Å². The fourth-order valence-electron chi connectivity index (χ4n) is 3.09. The summed E-state index contributed by atoms with van der Waals surface area (Å²) in [6, 6.07) is 24.1. The average Bonchev–Trinajstić information content (AvgIpc) is 2.73. The molecule has 0 heterocycles. The molecule has 0 aromatic heterocycles. The summed E-state index contributed by atoms with van der Waals surface area (Å²) in [5, 5.41) is 13.0. The first-order chi connectivity index (χ1) is 13.7. The normalized spacial score (nSPS) is 11.3. The van der Waals surface area contributed by atoms with Crippen LogP contribution in [0.15, 0.2) is 72.8 Å². The molecule has 3 N–H and O–H groups in total. The van der Waals surface area contributed by atoms with Crippen molar-refractivity contribution in [1.29, 1.82) is 5.26 Å². The van der Waals surface area contributed by atoms with Crippen LogP contribution >= 0.6 is 0 Å². The molecule has 5 nitrogen and oxygen atoms in total. The Morgan fingerprint density at radius 2 is 1.79 bits per heavy atom. The minimum atomic E-state index is -0.447. The number of nitriles is 1. The molecule has 0 aliphatic heterocycles. The number of anilines is 2. The summed E-state index contributed by atoms with van der Waals surface area (Å²) in [5.41, 5.74) is 9.77. The van der Waals surface area contributed by atoms with Crippen molar-refractivity contribution in [3.05, 3.63) is 95.1 Å². The molecule has 3 aromatic rings. The van der Waals surface area contributed by atoms with Crippen molar-refractivity contribution >= 4 is 17.3 Å². The second-order valence-electron chi connectivity index (χ2n) is 6.18. The molecule has 0 amide bonds. The fourth-order valence-corrected chi connectivity index (χ4v) is 3.09. The number of carbonyl (C=O) groups excluding carboxylic acids is 1. The second-order valence-corrected chi connectivity index (χ2v) is 6.18. The van der Waals surface area contributed by atoms with Gasteiger partial charge in [-0.25, -0.2) is 4.79 Å². The van der Waals surface area contributed by atoms with Gasteiger partial charge >= 0.3 is 5.97 Å². The summed E-state index contributed by atoms with van der Waals surface area (Å²) in [4.78, 5) is 12.4. The fraction of sp³-hybridized carbons (Fsp3) is 0.130. The Morgan fingerprint density at radius 1 is 1.07 bits per heavy atom. The van der Waals surface area contributed by atoms with E-state index >= 15 is 0 Å². The van der Waals surface area contributed by atoms with E-state index in [9.17, 15) is 10.1 Å². The standard InChI is InChI=1S/C23H21N3O2/c1-2-28-23(27)19-13-8-14-20(25)22(19)26-21(16-9-4-3-5-10-16)18-12-7-6-11-17(18)15-24/h3-14,21,26H,2,25H2,1H3. The van der Waals surface area contributed by atoms with Crippen molar-refractivity contribution in [3.63, 3.8) is 0 Å². The number of benzene rings is 3. The molecule has 3 rings (SSSR count). The van der Waals surface area contributed by atoms with Crippen LogP contribution < -0.4 is 11.1 Å². The van der Waals surface area contributed by atoms with Crippen LogP contribution in [-0.2, 0) is 4.74 Å². The van der Waals surface area contributed by atoms with Gasteiger partial charge in [0.1, 0.15) is 0 Å². The quantitative estimate of drug-likeness (QED) is 0.491. The van der Waals surface area contributed by atoms with Gasteiger partial charge in [0.2, 0.25) is 0 Å². The maximum atomic E-state index is 12.4. The largest absolute Gasteiger partial charge is 0.462 e. The second kappa shape index (κ2) is 8.74. The number of nitrogens with two attached hydrogens (primary N) is 1. The highest BCUT2D eigenvalue weighted by Crippen LogP contribution is 2.33. The number of ether oxygens (including phenoxy) is 1.